The lowest BCUT2D eigenvalue weighted by molar-refractivity contribution is -0.161. The second kappa shape index (κ2) is 4.93. The number of aryl methyl sites for hydroxylation is 1. The average Bonchev–Trinajstić information content (AvgIpc) is 3.07. The summed E-state index contributed by atoms with van der Waals surface area (Å²) in [6.45, 7) is 0.189. The number of carboxylic acids is 1. The van der Waals surface area contributed by atoms with E-state index in [1.807, 2.05) is 0 Å². The maximum atomic E-state index is 12.4. The number of carboxylic acid groups (broad SMARTS) is 2. The van der Waals surface area contributed by atoms with E-state index in [0.717, 1.165) is 16.7 Å². The highest BCUT2D eigenvalue weighted by Gasteiger charge is 2.64. The van der Waals surface area contributed by atoms with Crippen molar-refractivity contribution in [1.82, 2.24) is 30.0 Å². The molecule has 4 rings (SSSR count). The monoisotopic (exact) mass is 352 g/mol. The van der Waals surface area contributed by atoms with Crippen molar-refractivity contribution in [2.75, 3.05) is 6.54 Å². The normalized spacial score (nSPS) is 28.0. The van der Waals surface area contributed by atoms with Gasteiger partial charge >= 0.3 is 12.1 Å². The molecule has 1 aromatic heterocycles. The van der Waals surface area contributed by atoms with Gasteiger partial charge in [-0.2, -0.15) is 0 Å². The number of hydrogen-bond acceptors (Lipinski definition) is 7. The van der Waals surface area contributed by atoms with Gasteiger partial charge in [0.05, 0.1) is 6.04 Å². The van der Waals surface area contributed by atoms with E-state index in [9.17, 15) is 24.6 Å². The lowest BCUT2D eigenvalue weighted by Crippen LogP contribution is -2.73. The first-order chi connectivity index (χ1) is 11.4. The number of tetrazole rings is 1. The number of hydrogen-bond donors (Lipinski definition) is 2. The first-order valence-corrected chi connectivity index (χ1v) is 7.93. The van der Waals surface area contributed by atoms with Crippen LogP contribution in [0.5, 0.6) is 0 Å². The number of amides is 2. The van der Waals surface area contributed by atoms with Gasteiger partial charge in [-0.15, -0.1) is 5.10 Å². The Morgan fingerprint density at radius 3 is 2.67 bits per heavy atom. The van der Waals surface area contributed by atoms with Crippen molar-refractivity contribution in [2.24, 2.45) is 13.0 Å². The Balaban J connectivity index is 1.74. The van der Waals surface area contributed by atoms with Crippen molar-refractivity contribution < 1.29 is 24.6 Å². The van der Waals surface area contributed by atoms with Gasteiger partial charge in [0, 0.05) is 24.4 Å². The molecule has 3 aliphatic heterocycles. The second-order valence-electron chi connectivity index (χ2n) is 5.72. The van der Waals surface area contributed by atoms with Crippen molar-refractivity contribution in [3.05, 3.63) is 10.6 Å². The SMILES string of the molecule is Cn1nnnc1SC1=C(C(=O)O)N2C(=O)[C@@H]3[C@H]2C1CCN3C(=O)O. The zero-order valence-electron chi connectivity index (χ0n) is 12.4. The highest BCUT2D eigenvalue weighted by Crippen LogP contribution is 2.53. The molecule has 2 saturated heterocycles. The van der Waals surface area contributed by atoms with E-state index in [1.165, 1.54) is 9.58 Å². The summed E-state index contributed by atoms with van der Waals surface area (Å²) < 4.78 is 1.42. The van der Waals surface area contributed by atoms with Gasteiger partial charge in [-0.1, -0.05) is 0 Å². The summed E-state index contributed by atoms with van der Waals surface area (Å²) in [5, 5.41) is 30.3. The molecule has 0 saturated carbocycles. The molecule has 4 heterocycles. The van der Waals surface area contributed by atoms with Gasteiger partial charge in [-0.05, 0) is 28.6 Å². The number of β-lactam (4-membered cyclic amide) rings is 1. The number of carbonyl (C=O) groups excluding carboxylic acids is 1. The first kappa shape index (κ1) is 14.9. The quantitative estimate of drug-likeness (QED) is 0.668. The number of nitrogens with zero attached hydrogens (tertiary/aromatic N) is 6. The number of carbonyl (C=O) groups is 3. The van der Waals surface area contributed by atoms with Crippen LogP contribution in [0.2, 0.25) is 0 Å². The van der Waals surface area contributed by atoms with Gasteiger partial charge in [0.2, 0.25) is 5.16 Å². The lowest BCUT2D eigenvalue weighted by Gasteiger charge is -2.52. The Bertz CT molecular complexity index is 806. The van der Waals surface area contributed by atoms with Gasteiger partial charge in [-0.25, -0.2) is 14.3 Å². The summed E-state index contributed by atoms with van der Waals surface area (Å²) in [6.07, 6.45) is -0.719. The van der Waals surface area contributed by atoms with Crippen LogP contribution in [0, 0.1) is 5.92 Å². The van der Waals surface area contributed by atoms with Gasteiger partial charge < -0.3 is 10.2 Å². The third-order valence-corrected chi connectivity index (χ3v) is 5.83. The minimum atomic E-state index is -1.21. The molecule has 1 unspecified atom stereocenters. The highest BCUT2D eigenvalue weighted by atomic mass is 32.2. The fourth-order valence-corrected chi connectivity index (χ4v) is 4.73. The number of thioether (sulfide) groups is 1. The van der Waals surface area contributed by atoms with Crippen LogP contribution in [0.15, 0.2) is 15.8 Å². The van der Waals surface area contributed by atoms with E-state index < -0.39 is 30.1 Å². The number of likely N-dealkylation sites (tertiary alicyclic amines) is 1. The Labute approximate surface area is 138 Å². The average molecular weight is 352 g/mol. The third-order valence-electron chi connectivity index (χ3n) is 4.58. The third kappa shape index (κ3) is 1.79. The smallest absolute Gasteiger partial charge is 0.408 e. The van der Waals surface area contributed by atoms with E-state index in [0.29, 0.717) is 16.5 Å². The summed E-state index contributed by atoms with van der Waals surface area (Å²) in [5.74, 6) is -1.93. The fraction of sp³-hybridized carbons (Fsp3) is 0.500. The molecule has 2 fully saturated rings. The van der Waals surface area contributed by atoms with E-state index in [2.05, 4.69) is 15.5 Å². The molecule has 0 aromatic carbocycles. The molecule has 0 aliphatic carbocycles. The fourth-order valence-electron chi connectivity index (χ4n) is 3.59. The van der Waals surface area contributed by atoms with Crippen LogP contribution in [0.4, 0.5) is 4.79 Å². The number of aromatic nitrogens is 4. The van der Waals surface area contributed by atoms with Crippen LogP contribution in [0.25, 0.3) is 0 Å². The number of rotatable bonds is 3. The first-order valence-electron chi connectivity index (χ1n) is 7.12. The minimum Gasteiger partial charge on any atom is -0.477 e. The van der Waals surface area contributed by atoms with Crippen LogP contribution < -0.4 is 0 Å². The van der Waals surface area contributed by atoms with Crippen LogP contribution in [0.3, 0.4) is 0 Å². The minimum absolute atomic E-state index is 0.0912. The standard InChI is InChI=1S/C12H12N6O5S/c1-16-11(13-14-15-16)24-8-4-2-3-17(12(22)23)6-5(4)18(9(6)19)7(8)10(20)21/h4-6H,2-3H2,1H3,(H,20,21)(H,22,23)/t4?,5-,6+/m1/s1. The molecule has 24 heavy (non-hydrogen) atoms. The maximum Gasteiger partial charge on any atom is 0.408 e. The zero-order valence-corrected chi connectivity index (χ0v) is 13.2. The number of aliphatic carboxylic acids is 1. The summed E-state index contributed by atoms with van der Waals surface area (Å²) in [7, 11) is 1.63. The maximum absolute atomic E-state index is 12.4. The molecule has 3 atom stereocenters. The largest absolute Gasteiger partial charge is 0.477 e. The Morgan fingerprint density at radius 1 is 1.33 bits per heavy atom. The van der Waals surface area contributed by atoms with Crippen LogP contribution in [-0.4, -0.2) is 76.8 Å². The van der Waals surface area contributed by atoms with Crippen molar-refractivity contribution in [3.8, 4) is 0 Å². The summed E-state index contributed by atoms with van der Waals surface area (Å²) in [4.78, 5) is 38.2. The van der Waals surface area contributed by atoms with Crippen LogP contribution in [-0.2, 0) is 16.6 Å². The lowest BCUT2D eigenvalue weighted by atomic mass is 9.81. The summed E-state index contributed by atoms with van der Waals surface area (Å²) in [5.41, 5.74) is -0.0912. The van der Waals surface area contributed by atoms with Crippen molar-refractivity contribution in [3.63, 3.8) is 0 Å². The van der Waals surface area contributed by atoms with Crippen LogP contribution in [0.1, 0.15) is 6.42 Å². The van der Waals surface area contributed by atoms with Gasteiger partial charge in [0.15, 0.2) is 0 Å². The molecule has 0 bridgehead atoms. The Hall–Kier alpha value is -2.63. The summed E-state index contributed by atoms with van der Waals surface area (Å²) in [6, 6.07) is -1.27. The van der Waals surface area contributed by atoms with Crippen molar-refractivity contribution >= 4 is 29.7 Å². The molecule has 126 valence electrons. The Kier molecular flexibility index (Phi) is 3.07. The number of piperidine rings is 1. The molecule has 0 spiro atoms. The molecular weight excluding hydrogens is 340 g/mol. The van der Waals surface area contributed by atoms with E-state index in [1.54, 1.807) is 7.05 Å². The van der Waals surface area contributed by atoms with Crippen molar-refractivity contribution in [1.29, 1.82) is 0 Å². The second-order valence-corrected chi connectivity index (χ2v) is 6.73. The Morgan fingerprint density at radius 2 is 2.08 bits per heavy atom. The predicted molar refractivity (Wildman–Crippen MR) is 76.6 cm³/mol. The molecule has 11 nitrogen and oxygen atoms in total. The molecule has 0 radical (unpaired) electrons. The zero-order chi connectivity index (χ0) is 17.2. The molecule has 1 aromatic rings. The van der Waals surface area contributed by atoms with E-state index >= 15 is 0 Å². The molecule has 12 heteroatoms. The topological polar surface area (TPSA) is 142 Å². The predicted octanol–water partition coefficient (Wildman–Crippen LogP) is -0.809. The van der Waals surface area contributed by atoms with E-state index in [4.69, 9.17) is 0 Å². The summed E-state index contributed by atoms with van der Waals surface area (Å²) >= 11 is 1.11. The van der Waals surface area contributed by atoms with E-state index in [-0.39, 0.29) is 18.2 Å². The van der Waals surface area contributed by atoms with Gasteiger partial charge in [-0.3, -0.25) is 14.6 Å². The van der Waals surface area contributed by atoms with Gasteiger partial charge in [0.1, 0.15) is 11.7 Å². The molecular formula is C12H12N6O5S. The molecule has 2 amide bonds. The molecule has 2 N–H and O–H groups in total. The van der Waals surface area contributed by atoms with Gasteiger partial charge in [0.25, 0.3) is 5.91 Å². The van der Waals surface area contributed by atoms with Crippen LogP contribution >= 0.6 is 11.8 Å². The highest BCUT2D eigenvalue weighted by molar-refractivity contribution is 8.03. The van der Waals surface area contributed by atoms with Crippen molar-refractivity contribution in [2.45, 2.75) is 23.7 Å². The molecule has 3 aliphatic rings.